The van der Waals surface area contributed by atoms with Gasteiger partial charge in [0.1, 0.15) is 6.29 Å². The minimum Gasteiger partial charge on any atom is -0.303 e. The molecule has 0 amide bonds. The van der Waals surface area contributed by atoms with Crippen LogP contribution >= 0.6 is 15.9 Å². The van der Waals surface area contributed by atoms with Crippen molar-refractivity contribution in [1.82, 2.24) is 0 Å². The van der Waals surface area contributed by atoms with E-state index in [1.165, 1.54) is 4.48 Å². The maximum Gasteiger partial charge on any atom is 0.126 e. The Kier molecular flexibility index (Phi) is 2.46. The van der Waals surface area contributed by atoms with E-state index in [-0.39, 0.29) is 5.92 Å². The van der Waals surface area contributed by atoms with Gasteiger partial charge in [0.2, 0.25) is 0 Å². The van der Waals surface area contributed by atoms with E-state index in [2.05, 4.69) is 15.9 Å². The normalized spacial score (nSPS) is 27.2. The van der Waals surface area contributed by atoms with Crippen LogP contribution in [0.4, 0.5) is 0 Å². The molecule has 0 fully saturated rings. The molecule has 0 radical (unpaired) electrons. The second-order valence-corrected chi connectivity index (χ2v) is 3.32. The summed E-state index contributed by atoms with van der Waals surface area (Å²) in [7, 11) is 0. The number of hydrogen-bond acceptors (Lipinski definition) is 1. The molecule has 1 aliphatic rings. The molecule has 0 spiro atoms. The van der Waals surface area contributed by atoms with E-state index in [9.17, 15) is 4.79 Å². The van der Waals surface area contributed by atoms with Gasteiger partial charge in [-0.2, -0.15) is 0 Å². The minimum absolute atomic E-state index is 0.174. The van der Waals surface area contributed by atoms with Crippen LogP contribution in [-0.2, 0) is 4.79 Å². The smallest absolute Gasteiger partial charge is 0.126 e. The lowest BCUT2D eigenvalue weighted by Crippen LogP contribution is -2.02. The van der Waals surface area contributed by atoms with E-state index in [4.69, 9.17) is 0 Å². The molecule has 0 N–H and O–H groups in total. The molecule has 0 bridgehead atoms. The van der Waals surface area contributed by atoms with E-state index >= 15 is 0 Å². The SMILES string of the molecule is O=CC1C=C(Br)CCC1. The summed E-state index contributed by atoms with van der Waals surface area (Å²) in [5.74, 6) is 0.174. The van der Waals surface area contributed by atoms with Crippen LogP contribution in [0.5, 0.6) is 0 Å². The molecule has 0 aromatic heterocycles. The predicted octanol–water partition coefficient (Wildman–Crippen LogP) is 2.26. The summed E-state index contributed by atoms with van der Waals surface area (Å²) >= 11 is 3.37. The number of hydrogen-bond donors (Lipinski definition) is 0. The van der Waals surface area contributed by atoms with Crippen molar-refractivity contribution in [3.05, 3.63) is 10.6 Å². The molecular weight excluding hydrogens is 180 g/mol. The summed E-state index contributed by atoms with van der Waals surface area (Å²) < 4.78 is 1.19. The molecule has 50 valence electrons. The third-order valence-electron chi connectivity index (χ3n) is 1.52. The fraction of sp³-hybridized carbons (Fsp3) is 0.571. The Labute approximate surface area is 63.3 Å². The molecule has 1 atom stereocenters. The fourth-order valence-electron chi connectivity index (χ4n) is 1.01. The van der Waals surface area contributed by atoms with E-state index in [0.29, 0.717) is 0 Å². The van der Waals surface area contributed by atoms with Crippen molar-refractivity contribution in [1.29, 1.82) is 0 Å². The highest BCUT2D eigenvalue weighted by Gasteiger charge is 2.09. The van der Waals surface area contributed by atoms with Crippen LogP contribution in [0.2, 0.25) is 0 Å². The molecule has 0 saturated heterocycles. The molecule has 1 aliphatic carbocycles. The number of halogens is 1. The van der Waals surface area contributed by atoms with Crippen LogP contribution in [0.15, 0.2) is 10.6 Å². The molecule has 1 unspecified atom stereocenters. The molecule has 0 aromatic rings. The Balaban J connectivity index is 2.56. The zero-order valence-electron chi connectivity index (χ0n) is 5.14. The third kappa shape index (κ3) is 1.94. The van der Waals surface area contributed by atoms with Crippen LogP contribution in [0.3, 0.4) is 0 Å². The standard InChI is InChI=1S/C7H9BrO/c8-7-3-1-2-6(4-7)5-9/h4-6H,1-3H2. The Morgan fingerprint density at radius 3 is 3.00 bits per heavy atom. The summed E-state index contributed by atoms with van der Waals surface area (Å²) in [4.78, 5) is 10.2. The van der Waals surface area contributed by atoms with Gasteiger partial charge < -0.3 is 4.79 Å². The number of aldehydes is 1. The van der Waals surface area contributed by atoms with Crippen molar-refractivity contribution in [2.75, 3.05) is 0 Å². The summed E-state index contributed by atoms with van der Waals surface area (Å²) in [6.45, 7) is 0. The Morgan fingerprint density at radius 2 is 2.56 bits per heavy atom. The topological polar surface area (TPSA) is 17.1 Å². The average molecular weight is 189 g/mol. The first-order valence-corrected chi connectivity index (χ1v) is 3.93. The van der Waals surface area contributed by atoms with E-state index in [1.807, 2.05) is 6.08 Å². The number of carbonyl (C=O) groups is 1. The lowest BCUT2D eigenvalue weighted by Gasteiger charge is -2.11. The maximum absolute atomic E-state index is 10.2. The second kappa shape index (κ2) is 3.16. The van der Waals surface area contributed by atoms with Gasteiger partial charge in [-0.15, -0.1) is 0 Å². The third-order valence-corrected chi connectivity index (χ3v) is 2.18. The highest BCUT2D eigenvalue weighted by Crippen LogP contribution is 2.24. The lowest BCUT2D eigenvalue weighted by molar-refractivity contribution is -0.110. The molecule has 0 saturated carbocycles. The first kappa shape index (κ1) is 7.00. The van der Waals surface area contributed by atoms with Gasteiger partial charge in [0.25, 0.3) is 0 Å². The first-order valence-electron chi connectivity index (χ1n) is 3.14. The van der Waals surface area contributed by atoms with Gasteiger partial charge >= 0.3 is 0 Å². The van der Waals surface area contributed by atoms with Crippen molar-refractivity contribution < 1.29 is 4.79 Å². The molecule has 1 rings (SSSR count). The highest BCUT2D eigenvalue weighted by molar-refractivity contribution is 9.11. The van der Waals surface area contributed by atoms with Gasteiger partial charge in [0.15, 0.2) is 0 Å². The van der Waals surface area contributed by atoms with E-state index in [0.717, 1.165) is 25.5 Å². The Hall–Kier alpha value is -0.110. The maximum atomic E-state index is 10.2. The van der Waals surface area contributed by atoms with E-state index in [1.54, 1.807) is 0 Å². The quantitative estimate of drug-likeness (QED) is 0.578. The van der Waals surface area contributed by atoms with Crippen molar-refractivity contribution in [3.8, 4) is 0 Å². The summed E-state index contributed by atoms with van der Waals surface area (Å²) in [5.41, 5.74) is 0. The molecule has 0 heterocycles. The van der Waals surface area contributed by atoms with Gasteiger partial charge in [-0.1, -0.05) is 22.0 Å². The average Bonchev–Trinajstić information content (AvgIpc) is 1.88. The fourth-order valence-corrected chi connectivity index (χ4v) is 1.63. The van der Waals surface area contributed by atoms with Gasteiger partial charge in [0, 0.05) is 5.92 Å². The minimum atomic E-state index is 0.174. The van der Waals surface area contributed by atoms with Gasteiger partial charge in [-0.05, 0) is 23.7 Å². The van der Waals surface area contributed by atoms with Gasteiger partial charge in [0.05, 0.1) is 0 Å². The number of rotatable bonds is 1. The largest absolute Gasteiger partial charge is 0.303 e. The zero-order valence-corrected chi connectivity index (χ0v) is 6.73. The lowest BCUT2D eigenvalue weighted by atomic mass is 9.98. The van der Waals surface area contributed by atoms with Crippen LogP contribution < -0.4 is 0 Å². The summed E-state index contributed by atoms with van der Waals surface area (Å²) in [6, 6.07) is 0. The Morgan fingerprint density at radius 1 is 1.78 bits per heavy atom. The van der Waals surface area contributed by atoms with Crippen molar-refractivity contribution in [2.24, 2.45) is 5.92 Å². The number of carbonyl (C=O) groups excluding carboxylic acids is 1. The number of allylic oxidation sites excluding steroid dienone is 2. The highest BCUT2D eigenvalue weighted by atomic mass is 79.9. The summed E-state index contributed by atoms with van der Waals surface area (Å²) in [6.07, 6.45) is 6.28. The summed E-state index contributed by atoms with van der Waals surface area (Å²) in [5, 5.41) is 0. The zero-order chi connectivity index (χ0) is 6.69. The van der Waals surface area contributed by atoms with Crippen molar-refractivity contribution in [3.63, 3.8) is 0 Å². The molecule has 1 nitrogen and oxygen atoms in total. The van der Waals surface area contributed by atoms with Crippen LogP contribution in [0.1, 0.15) is 19.3 Å². The van der Waals surface area contributed by atoms with Crippen LogP contribution in [0, 0.1) is 5.92 Å². The van der Waals surface area contributed by atoms with Gasteiger partial charge in [-0.25, -0.2) is 0 Å². The van der Waals surface area contributed by atoms with E-state index < -0.39 is 0 Å². The predicted molar refractivity (Wildman–Crippen MR) is 40.4 cm³/mol. The molecular formula is C7H9BrO. The first-order chi connectivity index (χ1) is 4.33. The Bertz CT molecular complexity index is 140. The van der Waals surface area contributed by atoms with Crippen molar-refractivity contribution in [2.45, 2.75) is 19.3 Å². The van der Waals surface area contributed by atoms with Gasteiger partial charge in [-0.3, -0.25) is 0 Å². The van der Waals surface area contributed by atoms with Crippen molar-refractivity contribution >= 4 is 22.2 Å². The second-order valence-electron chi connectivity index (χ2n) is 2.31. The van der Waals surface area contributed by atoms with Crippen LogP contribution in [-0.4, -0.2) is 6.29 Å². The monoisotopic (exact) mass is 188 g/mol. The molecule has 9 heavy (non-hydrogen) atoms. The van der Waals surface area contributed by atoms with Crippen LogP contribution in [0.25, 0.3) is 0 Å². The molecule has 2 heteroatoms. The molecule has 0 aromatic carbocycles. The molecule has 0 aliphatic heterocycles.